The van der Waals surface area contributed by atoms with Crippen LogP contribution < -0.4 is 0 Å². The van der Waals surface area contributed by atoms with Crippen LogP contribution in [0.15, 0.2) is 18.2 Å². The number of nitrogens with zero attached hydrogens (tertiary/aromatic N) is 1. The summed E-state index contributed by atoms with van der Waals surface area (Å²) in [6.07, 6.45) is 0.291. The van der Waals surface area contributed by atoms with Gasteiger partial charge in [0, 0.05) is 12.0 Å². The first kappa shape index (κ1) is 11.9. The number of ketones is 1. The Morgan fingerprint density at radius 1 is 1.38 bits per heavy atom. The third-order valence-electron chi connectivity index (χ3n) is 2.20. The number of nitriles is 1. The number of carbonyl (C=O) groups is 2. The molecule has 0 amide bonds. The largest absolute Gasteiger partial charge is 0.465 e. The van der Waals surface area contributed by atoms with Crippen molar-refractivity contribution in [3.63, 3.8) is 0 Å². The van der Waals surface area contributed by atoms with E-state index >= 15 is 0 Å². The molecule has 0 aliphatic carbocycles. The van der Waals surface area contributed by atoms with Gasteiger partial charge in [0.05, 0.1) is 18.2 Å². The fraction of sp³-hybridized carbons (Fsp3) is 0.250. The summed E-state index contributed by atoms with van der Waals surface area (Å²) in [4.78, 5) is 22.9. The average Bonchev–Trinajstić information content (AvgIpc) is 2.35. The minimum atomic E-state index is -0.609. The van der Waals surface area contributed by atoms with Gasteiger partial charge in [-0.25, -0.2) is 4.79 Å². The van der Waals surface area contributed by atoms with Crippen molar-refractivity contribution in [2.75, 3.05) is 7.11 Å². The molecule has 0 fully saturated rings. The maximum Gasteiger partial charge on any atom is 0.339 e. The molecule has 82 valence electrons. The highest BCUT2D eigenvalue weighted by molar-refractivity contribution is 6.02. The zero-order valence-electron chi connectivity index (χ0n) is 9.11. The van der Waals surface area contributed by atoms with Gasteiger partial charge in [0.15, 0.2) is 5.78 Å². The molecule has 4 nitrogen and oxygen atoms in total. The summed E-state index contributed by atoms with van der Waals surface area (Å²) in [5, 5.41) is 8.98. The Balaban J connectivity index is 3.39. The highest BCUT2D eigenvalue weighted by Crippen LogP contribution is 2.16. The minimum Gasteiger partial charge on any atom is -0.465 e. The Morgan fingerprint density at radius 2 is 2.00 bits per heavy atom. The summed E-state index contributed by atoms with van der Waals surface area (Å²) in [5.41, 5.74) is 0.485. The minimum absolute atomic E-state index is 0.0844. The van der Waals surface area contributed by atoms with Crippen LogP contribution in [0.1, 0.15) is 39.6 Å². The van der Waals surface area contributed by atoms with Crippen molar-refractivity contribution in [3.8, 4) is 6.07 Å². The lowest BCUT2D eigenvalue weighted by molar-refractivity contribution is 0.0600. The van der Waals surface area contributed by atoms with Gasteiger partial charge in [-0.3, -0.25) is 4.79 Å². The van der Waals surface area contributed by atoms with Crippen molar-refractivity contribution in [3.05, 3.63) is 34.9 Å². The van der Waals surface area contributed by atoms with Crippen LogP contribution >= 0.6 is 0 Å². The molecule has 0 spiro atoms. The SMILES string of the molecule is CCC(=O)c1cccc(C(=O)OC)c1C#N. The summed E-state index contributed by atoms with van der Waals surface area (Å²) in [7, 11) is 1.23. The number of esters is 1. The van der Waals surface area contributed by atoms with Crippen LogP contribution in [-0.4, -0.2) is 18.9 Å². The highest BCUT2D eigenvalue weighted by Gasteiger charge is 2.17. The number of hydrogen-bond donors (Lipinski definition) is 0. The van der Waals surface area contributed by atoms with Gasteiger partial charge >= 0.3 is 5.97 Å². The average molecular weight is 217 g/mol. The van der Waals surface area contributed by atoms with Crippen molar-refractivity contribution in [1.29, 1.82) is 5.26 Å². The Morgan fingerprint density at radius 3 is 2.50 bits per heavy atom. The van der Waals surface area contributed by atoms with Gasteiger partial charge in [0.2, 0.25) is 0 Å². The first-order chi connectivity index (χ1) is 7.65. The Labute approximate surface area is 93.5 Å². The van der Waals surface area contributed by atoms with E-state index in [0.717, 1.165) is 0 Å². The maximum absolute atomic E-state index is 11.6. The highest BCUT2D eigenvalue weighted by atomic mass is 16.5. The summed E-state index contributed by atoms with van der Waals surface area (Å²) in [6.45, 7) is 1.70. The van der Waals surface area contributed by atoms with Crippen LogP contribution in [-0.2, 0) is 4.74 Å². The van der Waals surface area contributed by atoms with E-state index in [1.54, 1.807) is 13.0 Å². The molecule has 16 heavy (non-hydrogen) atoms. The zero-order valence-corrected chi connectivity index (χ0v) is 9.11. The van der Waals surface area contributed by atoms with Gasteiger partial charge in [-0.05, 0) is 6.07 Å². The Bertz CT molecular complexity index is 437. The Hall–Kier alpha value is -2.15. The first-order valence-electron chi connectivity index (χ1n) is 4.80. The van der Waals surface area contributed by atoms with Crippen LogP contribution in [0.3, 0.4) is 0 Å². The number of rotatable bonds is 3. The number of Topliss-reactive ketones (excluding diaryl/α,β-unsaturated/α-hetero) is 1. The van der Waals surface area contributed by atoms with E-state index < -0.39 is 5.97 Å². The Kier molecular flexibility index (Phi) is 3.78. The molecule has 0 aromatic heterocycles. The summed E-state index contributed by atoms with van der Waals surface area (Å²) >= 11 is 0. The van der Waals surface area contributed by atoms with Crippen LogP contribution in [0.25, 0.3) is 0 Å². The van der Waals surface area contributed by atoms with Gasteiger partial charge in [-0.1, -0.05) is 19.1 Å². The van der Waals surface area contributed by atoms with Crippen LogP contribution in [0, 0.1) is 11.3 Å². The predicted octanol–water partition coefficient (Wildman–Crippen LogP) is 1.94. The predicted molar refractivity (Wildman–Crippen MR) is 57.1 cm³/mol. The molecule has 0 saturated carbocycles. The third kappa shape index (κ3) is 2.09. The van der Waals surface area contributed by atoms with Gasteiger partial charge in [0.1, 0.15) is 6.07 Å². The molecule has 0 unspecified atom stereocenters. The van der Waals surface area contributed by atoms with Crippen LogP contribution in [0.4, 0.5) is 0 Å². The van der Waals surface area contributed by atoms with Crippen LogP contribution in [0.5, 0.6) is 0 Å². The quantitative estimate of drug-likeness (QED) is 0.573. The number of hydrogen-bond acceptors (Lipinski definition) is 4. The second-order valence-corrected chi connectivity index (χ2v) is 3.11. The maximum atomic E-state index is 11.6. The fourth-order valence-electron chi connectivity index (χ4n) is 1.38. The molecule has 0 radical (unpaired) electrons. The van der Waals surface area contributed by atoms with E-state index in [1.165, 1.54) is 19.2 Å². The monoisotopic (exact) mass is 217 g/mol. The van der Waals surface area contributed by atoms with Crippen molar-refractivity contribution in [2.45, 2.75) is 13.3 Å². The van der Waals surface area contributed by atoms with Gasteiger partial charge in [-0.2, -0.15) is 5.26 Å². The third-order valence-corrected chi connectivity index (χ3v) is 2.20. The molecule has 1 aromatic carbocycles. The van der Waals surface area contributed by atoms with E-state index in [9.17, 15) is 9.59 Å². The van der Waals surface area contributed by atoms with Gasteiger partial charge in [-0.15, -0.1) is 0 Å². The summed E-state index contributed by atoms with van der Waals surface area (Å²) in [5.74, 6) is -0.774. The van der Waals surface area contributed by atoms with E-state index in [2.05, 4.69) is 4.74 Å². The lowest BCUT2D eigenvalue weighted by Gasteiger charge is -2.05. The molecular weight excluding hydrogens is 206 g/mol. The van der Waals surface area contributed by atoms with Crippen LogP contribution in [0.2, 0.25) is 0 Å². The van der Waals surface area contributed by atoms with Gasteiger partial charge in [0.25, 0.3) is 0 Å². The normalized spacial score (nSPS) is 9.31. The molecular formula is C12H11NO3. The number of carbonyl (C=O) groups excluding carboxylic acids is 2. The number of ether oxygens (including phenoxy) is 1. The smallest absolute Gasteiger partial charge is 0.339 e. The standard InChI is InChI=1S/C12H11NO3/c1-3-11(14)8-5-4-6-9(10(8)7-13)12(15)16-2/h4-6H,3H2,1-2H3. The van der Waals surface area contributed by atoms with E-state index in [4.69, 9.17) is 5.26 Å². The summed E-state index contributed by atoms with van der Waals surface area (Å²) < 4.78 is 4.55. The second kappa shape index (κ2) is 5.08. The van der Waals surface area contributed by atoms with Crippen molar-refractivity contribution in [1.82, 2.24) is 0 Å². The van der Waals surface area contributed by atoms with E-state index in [1.807, 2.05) is 6.07 Å². The lowest BCUT2D eigenvalue weighted by atomic mass is 9.98. The fourth-order valence-corrected chi connectivity index (χ4v) is 1.38. The molecule has 4 heteroatoms. The van der Waals surface area contributed by atoms with Gasteiger partial charge < -0.3 is 4.74 Å². The molecule has 0 aliphatic rings. The first-order valence-corrected chi connectivity index (χ1v) is 4.80. The summed E-state index contributed by atoms with van der Waals surface area (Å²) in [6, 6.07) is 6.45. The van der Waals surface area contributed by atoms with Crippen molar-refractivity contribution < 1.29 is 14.3 Å². The lowest BCUT2D eigenvalue weighted by Crippen LogP contribution is -2.09. The molecule has 0 aliphatic heterocycles. The zero-order chi connectivity index (χ0) is 12.1. The van der Waals surface area contributed by atoms with E-state index in [0.29, 0.717) is 6.42 Å². The molecule has 0 atom stereocenters. The van der Waals surface area contributed by atoms with Crippen molar-refractivity contribution >= 4 is 11.8 Å². The molecule has 0 heterocycles. The molecule has 1 rings (SSSR count). The molecule has 0 saturated heterocycles. The molecule has 0 N–H and O–H groups in total. The van der Waals surface area contributed by atoms with E-state index in [-0.39, 0.29) is 22.5 Å². The molecule has 0 bridgehead atoms. The number of methoxy groups -OCH3 is 1. The number of benzene rings is 1. The topological polar surface area (TPSA) is 67.2 Å². The molecule has 1 aromatic rings. The van der Waals surface area contributed by atoms with Crippen molar-refractivity contribution in [2.24, 2.45) is 0 Å². The second-order valence-electron chi connectivity index (χ2n) is 3.11.